The first-order valence-corrected chi connectivity index (χ1v) is 6.41. The van der Waals surface area contributed by atoms with Crippen LogP contribution in [0, 0.1) is 0 Å². The smallest absolute Gasteiger partial charge is 0.261 e. The first-order chi connectivity index (χ1) is 10.2. The Morgan fingerprint density at radius 3 is 2.90 bits per heavy atom. The molecule has 0 saturated carbocycles. The van der Waals surface area contributed by atoms with Gasteiger partial charge in [-0.3, -0.25) is 9.89 Å². The van der Waals surface area contributed by atoms with E-state index in [2.05, 4.69) is 15.2 Å². The number of para-hydroxylation sites is 1. The summed E-state index contributed by atoms with van der Waals surface area (Å²) in [6, 6.07) is 8.93. The summed E-state index contributed by atoms with van der Waals surface area (Å²) in [4.78, 5) is 18.4. The molecule has 0 fully saturated rings. The van der Waals surface area contributed by atoms with Crippen molar-refractivity contribution in [2.45, 2.75) is 0 Å². The van der Waals surface area contributed by atoms with Gasteiger partial charge in [-0.05, 0) is 18.2 Å². The number of nitrogens with zero attached hydrogens (tertiary/aromatic N) is 3. The third-order valence-corrected chi connectivity index (χ3v) is 3.33. The molecular weight excluding hydrogens is 268 g/mol. The number of carbonyl (C=O) groups excluding carboxylic acids is 1. The Hall–Kier alpha value is -2.89. The molecule has 0 atom stereocenters. The highest BCUT2D eigenvalue weighted by atomic mass is 16.5. The number of benzene rings is 1. The van der Waals surface area contributed by atoms with Gasteiger partial charge in [0.2, 0.25) is 0 Å². The zero-order valence-electron chi connectivity index (χ0n) is 11.7. The number of ether oxygens (including phenoxy) is 1. The standard InChI is InChI=1S/C15H14N4O2/c1-19(12-7-8-16-14-11(12)9-17-18-14)15(20)10-5-3-4-6-13(10)21-2/h3-9H,1-2H3,(H,16,17,18). The van der Waals surface area contributed by atoms with Crippen LogP contribution in [-0.2, 0) is 0 Å². The third kappa shape index (κ3) is 2.20. The molecule has 0 unspecified atom stereocenters. The fraction of sp³-hybridized carbons (Fsp3) is 0.133. The Kier molecular flexibility index (Phi) is 3.27. The van der Waals surface area contributed by atoms with Gasteiger partial charge >= 0.3 is 0 Å². The lowest BCUT2D eigenvalue weighted by atomic mass is 10.1. The number of H-pyrrole nitrogens is 1. The molecule has 0 bridgehead atoms. The fourth-order valence-corrected chi connectivity index (χ4v) is 2.24. The van der Waals surface area contributed by atoms with Crippen LogP contribution in [0.2, 0.25) is 0 Å². The first-order valence-electron chi connectivity index (χ1n) is 6.41. The second-order valence-electron chi connectivity index (χ2n) is 4.53. The number of fused-ring (bicyclic) bond motifs is 1. The van der Waals surface area contributed by atoms with Crippen molar-refractivity contribution in [3.63, 3.8) is 0 Å². The first kappa shape index (κ1) is 13.1. The van der Waals surface area contributed by atoms with Gasteiger partial charge in [0, 0.05) is 13.2 Å². The third-order valence-electron chi connectivity index (χ3n) is 3.33. The Balaban J connectivity index is 2.03. The van der Waals surface area contributed by atoms with E-state index in [1.165, 1.54) is 0 Å². The molecule has 0 spiro atoms. The van der Waals surface area contributed by atoms with Crippen LogP contribution in [0.3, 0.4) is 0 Å². The number of hydrogen-bond donors (Lipinski definition) is 1. The number of amides is 1. The van der Waals surface area contributed by atoms with E-state index < -0.39 is 0 Å². The van der Waals surface area contributed by atoms with E-state index in [4.69, 9.17) is 4.74 Å². The normalized spacial score (nSPS) is 10.6. The van der Waals surface area contributed by atoms with Gasteiger partial charge in [-0.1, -0.05) is 12.1 Å². The number of carbonyl (C=O) groups is 1. The van der Waals surface area contributed by atoms with E-state index in [0.29, 0.717) is 17.0 Å². The fourth-order valence-electron chi connectivity index (χ4n) is 2.24. The number of methoxy groups -OCH3 is 1. The van der Waals surface area contributed by atoms with Crippen molar-refractivity contribution >= 4 is 22.6 Å². The van der Waals surface area contributed by atoms with Gasteiger partial charge in [0.25, 0.3) is 5.91 Å². The predicted octanol–water partition coefficient (Wildman–Crippen LogP) is 2.24. The molecule has 0 saturated heterocycles. The van der Waals surface area contributed by atoms with E-state index in [1.807, 2.05) is 12.1 Å². The minimum atomic E-state index is -0.152. The van der Waals surface area contributed by atoms with Crippen LogP contribution in [0.25, 0.3) is 11.0 Å². The van der Waals surface area contributed by atoms with Crippen LogP contribution in [0.1, 0.15) is 10.4 Å². The van der Waals surface area contributed by atoms with E-state index in [1.54, 1.807) is 49.7 Å². The van der Waals surface area contributed by atoms with Crippen LogP contribution < -0.4 is 9.64 Å². The van der Waals surface area contributed by atoms with Crippen molar-refractivity contribution < 1.29 is 9.53 Å². The summed E-state index contributed by atoms with van der Waals surface area (Å²) in [5.41, 5.74) is 1.90. The van der Waals surface area contributed by atoms with Gasteiger partial charge in [0.1, 0.15) is 5.75 Å². The largest absolute Gasteiger partial charge is 0.496 e. The zero-order chi connectivity index (χ0) is 14.8. The SMILES string of the molecule is COc1ccccc1C(=O)N(C)c1ccnc2[nH]ncc12. The molecule has 1 amide bonds. The van der Waals surface area contributed by atoms with Crippen molar-refractivity contribution in [1.82, 2.24) is 15.2 Å². The summed E-state index contributed by atoms with van der Waals surface area (Å²) in [6.07, 6.45) is 3.30. The summed E-state index contributed by atoms with van der Waals surface area (Å²) < 4.78 is 5.25. The average molecular weight is 282 g/mol. The van der Waals surface area contributed by atoms with Crippen molar-refractivity contribution in [2.75, 3.05) is 19.1 Å². The van der Waals surface area contributed by atoms with Gasteiger partial charge < -0.3 is 9.64 Å². The molecule has 6 heteroatoms. The zero-order valence-corrected chi connectivity index (χ0v) is 11.7. The molecule has 3 rings (SSSR count). The number of hydrogen-bond acceptors (Lipinski definition) is 4. The number of anilines is 1. The molecule has 3 aromatic rings. The molecule has 0 aliphatic rings. The summed E-state index contributed by atoms with van der Waals surface area (Å²) >= 11 is 0. The number of aromatic nitrogens is 3. The number of pyridine rings is 1. The Morgan fingerprint density at radius 2 is 2.10 bits per heavy atom. The molecule has 6 nitrogen and oxygen atoms in total. The average Bonchev–Trinajstić information content (AvgIpc) is 3.02. The van der Waals surface area contributed by atoms with E-state index >= 15 is 0 Å². The lowest BCUT2D eigenvalue weighted by Gasteiger charge is -2.19. The van der Waals surface area contributed by atoms with Crippen LogP contribution in [0.4, 0.5) is 5.69 Å². The summed E-state index contributed by atoms with van der Waals surface area (Å²) in [5, 5.41) is 7.55. The minimum Gasteiger partial charge on any atom is -0.496 e. The maximum Gasteiger partial charge on any atom is 0.261 e. The highest BCUT2D eigenvalue weighted by Crippen LogP contribution is 2.26. The summed E-state index contributed by atoms with van der Waals surface area (Å²) in [6.45, 7) is 0. The Morgan fingerprint density at radius 1 is 1.29 bits per heavy atom. The van der Waals surface area contributed by atoms with Crippen LogP contribution in [-0.4, -0.2) is 35.2 Å². The van der Waals surface area contributed by atoms with E-state index in [9.17, 15) is 4.79 Å². The second-order valence-corrected chi connectivity index (χ2v) is 4.53. The summed E-state index contributed by atoms with van der Waals surface area (Å²) in [7, 11) is 3.27. The van der Waals surface area contributed by atoms with Gasteiger partial charge in [-0.2, -0.15) is 5.10 Å². The monoisotopic (exact) mass is 282 g/mol. The molecule has 0 radical (unpaired) electrons. The molecule has 0 aliphatic carbocycles. The molecule has 2 aromatic heterocycles. The lowest BCUT2D eigenvalue weighted by Crippen LogP contribution is -2.26. The predicted molar refractivity (Wildman–Crippen MR) is 79.6 cm³/mol. The minimum absolute atomic E-state index is 0.152. The van der Waals surface area contributed by atoms with Crippen LogP contribution in [0.15, 0.2) is 42.7 Å². The van der Waals surface area contributed by atoms with Gasteiger partial charge in [0.05, 0.1) is 29.9 Å². The molecule has 106 valence electrons. The second kappa shape index (κ2) is 5.24. The van der Waals surface area contributed by atoms with Gasteiger partial charge in [-0.25, -0.2) is 4.98 Å². The van der Waals surface area contributed by atoms with E-state index in [0.717, 1.165) is 11.1 Å². The van der Waals surface area contributed by atoms with Crippen molar-refractivity contribution in [3.8, 4) is 5.75 Å². The number of rotatable bonds is 3. The van der Waals surface area contributed by atoms with Gasteiger partial charge in [0.15, 0.2) is 5.65 Å². The lowest BCUT2D eigenvalue weighted by molar-refractivity contribution is 0.0990. The topological polar surface area (TPSA) is 71.1 Å². The highest BCUT2D eigenvalue weighted by molar-refractivity contribution is 6.10. The van der Waals surface area contributed by atoms with Crippen molar-refractivity contribution in [2.24, 2.45) is 0 Å². The Labute approximate surface area is 121 Å². The number of aromatic amines is 1. The Bertz CT molecular complexity index is 797. The molecule has 1 aromatic carbocycles. The molecule has 1 N–H and O–H groups in total. The van der Waals surface area contributed by atoms with Crippen molar-refractivity contribution in [3.05, 3.63) is 48.3 Å². The molecular formula is C15H14N4O2. The number of nitrogens with one attached hydrogen (secondary N) is 1. The van der Waals surface area contributed by atoms with Crippen LogP contribution in [0.5, 0.6) is 5.75 Å². The summed E-state index contributed by atoms with van der Waals surface area (Å²) in [5.74, 6) is 0.396. The van der Waals surface area contributed by atoms with Gasteiger partial charge in [-0.15, -0.1) is 0 Å². The molecule has 2 heterocycles. The maximum atomic E-state index is 12.7. The quantitative estimate of drug-likeness (QED) is 0.799. The maximum absolute atomic E-state index is 12.7. The molecule has 21 heavy (non-hydrogen) atoms. The molecule has 0 aliphatic heterocycles. The van der Waals surface area contributed by atoms with E-state index in [-0.39, 0.29) is 5.91 Å². The van der Waals surface area contributed by atoms with Crippen LogP contribution >= 0.6 is 0 Å². The van der Waals surface area contributed by atoms with Crippen molar-refractivity contribution in [1.29, 1.82) is 0 Å². The highest BCUT2D eigenvalue weighted by Gasteiger charge is 2.19.